The summed E-state index contributed by atoms with van der Waals surface area (Å²) in [7, 11) is 2.82. The fourth-order valence-corrected chi connectivity index (χ4v) is 2.02. The van der Waals surface area contributed by atoms with Crippen LogP contribution in [0.3, 0.4) is 0 Å². The van der Waals surface area contributed by atoms with Gasteiger partial charge in [-0.2, -0.15) is 0 Å². The van der Waals surface area contributed by atoms with Crippen molar-refractivity contribution < 1.29 is 28.7 Å². The van der Waals surface area contributed by atoms with E-state index in [1.54, 1.807) is 12.1 Å². The maximum Gasteiger partial charge on any atom is 0.338 e. The Labute approximate surface area is 148 Å². The summed E-state index contributed by atoms with van der Waals surface area (Å²) in [5, 5.41) is 13.2. The molecule has 9 heteroatoms. The van der Waals surface area contributed by atoms with Crippen molar-refractivity contribution in [3.63, 3.8) is 0 Å². The van der Waals surface area contributed by atoms with Crippen LogP contribution in [0.25, 0.3) is 0 Å². The van der Waals surface area contributed by atoms with Crippen LogP contribution in [0.15, 0.2) is 42.5 Å². The van der Waals surface area contributed by atoms with Gasteiger partial charge in [-0.3, -0.25) is 14.9 Å². The van der Waals surface area contributed by atoms with Crippen molar-refractivity contribution in [1.82, 2.24) is 0 Å². The Hall–Kier alpha value is -3.62. The van der Waals surface area contributed by atoms with E-state index >= 15 is 0 Å². The van der Waals surface area contributed by atoms with Crippen LogP contribution in [0.1, 0.15) is 10.4 Å². The molecule has 1 N–H and O–H groups in total. The molecule has 0 fully saturated rings. The number of nitro groups is 1. The number of rotatable bonds is 7. The molecular weight excluding hydrogens is 344 g/mol. The Kier molecular flexibility index (Phi) is 6.10. The zero-order valence-corrected chi connectivity index (χ0v) is 14.1. The zero-order chi connectivity index (χ0) is 19.1. The Bertz CT molecular complexity index is 818. The molecule has 0 saturated carbocycles. The number of hydrogen-bond acceptors (Lipinski definition) is 7. The zero-order valence-electron chi connectivity index (χ0n) is 14.1. The number of nitrogens with one attached hydrogen (secondary N) is 1. The molecule has 0 aliphatic heterocycles. The highest BCUT2D eigenvalue weighted by molar-refractivity contribution is 5.96. The summed E-state index contributed by atoms with van der Waals surface area (Å²) in [4.78, 5) is 34.0. The first kappa shape index (κ1) is 18.7. The highest BCUT2D eigenvalue weighted by Gasteiger charge is 2.15. The molecule has 0 aliphatic rings. The SMILES string of the molecule is COc1ccc(C(=O)OCC(=O)Nc2ccc([N+](=O)[O-])cc2OC)cc1. The number of benzene rings is 2. The summed E-state index contributed by atoms with van der Waals surface area (Å²) in [6, 6.07) is 9.95. The molecule has 0 unspecified atom stereocenters. The second-order valence-electron chi connectivity index (χ2n) is 4.99. The fraction of sp³-hybridized carbons (Fsp3) is 0.176. The summed E-state index contributed by atoms with van der Waals surface area (Å²) in [5.41, 5.74) is 0.320. The van der Waals surface area contributed by atoms with Gasteiger partial charge in [0.05, 0.1) is 36.5 Å². The standard InChI is InChI=1S/C17H16N2O7/c1-24-13-6-3-11(4-7-13)17(21)26-10-16(20)18-14-8-5-12(19(22)23)9-15(14)25-2/h3-9H,10H2,1-2H3,(H,18,20). The van der Waals surface area contributed by atoms with E-state index in [0.717, 1.165) is 0 Å². The van der Waals surface area contributed by atoms with Gasteiger partial charge in [0.2, 0.25) is 0 Å². The van der Waals surface area contributed by atoms with Gasteiger partial charge in [0.1, 0.15) is 11.5 Å². The monoisotopic (exact) mass is 360 g/mol. The first-order chi connectivity index (χ1) is 12.4. The molecule has 0 bridgehead atoms. The minimum atomic E-state index is -0.668. The maximum absolute atomic E-state index is 11.9. The molecule has 136 valence electrons. The van der Waals surface area contributed by atoms with Gasteiger partial charge in [-0.15, -0.1) is 0 Å². The van der Waals surface area contributed by atoms with Crippen LogP contribution < -0.4 is 14.8 Å². The predicted molar refractivity (Wildman–Crippen MR) is 91.6 cm³/mol. The van der Waals surface area contributed by atoms with E-state index in [-0.39, 0.29) is 22.7 Å². The van der Waals surface area contributed by atoms with E-state index in [9.17, 15) is 19.7 Å². The van der Waals surface area contributed by atoms with Gasteiger partial charge < -0.3 is 19.5 Å². The number of carbonyl (C=O) groups is 2. The number of nitrogens with zero attached hydrogens (tertiary/aromatic N) is 1. The Balaban J connectivity index is 1.95. The smallest absolute Gasteiger partial charge is 0.338 e. The number of hydrogen-bond donors (Lipinski definition) is 1. The topological polar surface area (TPSA) is 117 Å². The van der Waals surface area contributed by atoms with E-state index in [2.05, 4.69) is 5.32 Å². The van der Waals surface area contributed by atoms with Gasteiger partial charge in [-0.05, 0) is 30.3 Å². The van der Waals surface area contributed by atoms with Crippen LogP contribution in [-0.4, -0.2) is 37.6 Å². The maximum atomic E-state index is 11.9. The van der Waals surface area contributed by atoms with Crippen molar-refractivity contribution >= 4 is 23.3 Å². The third-order valence-electron chi connectivity index (χ3n) is 3.33. The van der Waals surface area contributed by atoms with Gasteiger partial charge in [-0.25, -0.2) is 4.79 Å². The molecule has 2 aromatic carbocycles. The van der Waals surface area contributed by atoms with Crippen molar-refractivity contribution in [2.24, 2.45) is 0 Å². The second-order valence-corrected chi connectivity index (χ2v) is 4.99. The lowest BCUT2D eigenvalue weighted by Gasteiger charge is -2.10. The predicted octanol–water partition coefficient (Wildman–Crippen LogP) is 2.41. The minimum absolute atomic E-state index is 0.119. The highest BCUT2D eigenvalue weighted by atomic mass is 16.6. The van der Waals surface area contributed by atoms with Crippen molar-refractivity contribution in [2.75, 3.05) is 26.1 Å². The number of non-ortho nitro benzene ring substituents is 1. The average Bonchev–Trinajstić information content (AvgIpc) is 2.66. The Morgan fingerprint density at radius 1 is 1.08 bits per heavy atom. The van der Waals surface area contributed by atoms with Gasteiger partial charge in [0, 0.05) is 6.07 Å². The molecule has 1 amide bonds. The third kappa shape index (κ3) is 4.69. The molecule has 0 heterocycles. The molecule has 0 aromatic heterocycles. The number of anilines is 1. The van der Waals surface area contributed by atoms with E-state index in [1.165, 1.54) is 44.6 Å². The summed E-state index contributed by atoms with van der Waals surface area (Å²) in [5.74, 6) is -0.573. The Morgan fingerprint density at radius 3 is 2.35 bits per heavy atom. The molecule has 9 nitrogen and oxygen atoms in total. The van der Waals surface area contributed by atoms with Crippen LogP contribution >= 0.6 is 0 Å². The molecule has 26 heavy (non-hydrogen) atoms. The van der Waals surface area contributed by atoms with Crippen LogP contribution in [-0.2, 0) is 9.53 Å². The van der Waals surface area contributed by atoms with E-state index in [0.29, 0.717) is 5.75 Å². The number of amides is 1. The first-order valence-electron chi connectivity index (χ1n) is 7.38. The number of carbonyl (C=O) groups excluding carboxylic acids is 2. The first-order valence-corrected chi connectivity index (χ1v) is 7.38. The lowest BCUT2D eigenvalue weighted by atomic mass is 10.2. The van der Waals surface area contributed by atoms with Crippen LogP contribution in [0.4, 0.5) is 11.4 Å². The summed E-state index contributed by atoms with van der Waals surface area (Å²) >= 11 is 0. The third-order valence-corrected chi connectivity index (χ3v) is 3.33. The highest BCUT2D eigenvalue weighted by Crippen LogP contribution is 2.28. The summed E-state index contributed by atoms with van der Waals surface area (Å²) < 4.78 is 14.9. The van der Waals surface area contributed by atoms with Gasteiger partial charge in [0.25, 0.3) is 11.6 Å². The van der Waals surface area contributed by atoms with Crippen molar-refractivity contribution in [2.45, 2.75) is 0 Å². The van der Waals surface area contributed by atoms with Gasteiger partial charge in [-0.1, -0.05) is 0 Å². The fourth-order valence-electron chi connectivity index (χ4n) is 2.02. The van der Waals surface area contributed by atoms with Crippen molar-refractivity contribution in [3.8, 4) is 11.5 Å². The number of methoxy groups -OCH3 is 2. The minimum Gasteiger partial charge on any atom is -0.497 e. The number of ether oxygens (including phenoxy) is 3. The lowest BCUT2D eigenvalue weighted by molar-refractivity contribution is -0.384. The average molecular weight is 360 g/mol. The van der Waals surface area contributed by atoms with Crippen molar-refractivity contribution in [1.29, 1.82) is 0 Å². The molecule has 0 spiro atoms. The quantitative estimate of drug-likeness (QED) is 0.458. The lowest BCUT2D eigenvalue weighted by Crippen LogP contribution is -2.21. The second kappa shape index (κ2) is 8.47. The van der Waals surface area contributed by atoms with Gasteiger partial charge >= 0.3 is 5.97 Å². The van der Waals surface area contributed by atoms with E-state index < -0.39 is 23.4 Å². The molecular formula is C17H16N2O7. The summed E-state index contributed by atoms with van der Waals surface area (Å²) in [6.07, 6.45) is 0. The largest absolute Gasteiger partial charge is 0.497 e. The van der Waals surface area contributed by atoms with E-state index in [4.69, 9.17) is 14.2 Å². The van der Waals surface area contributed by atoms with Crippen LogP contribution in [0.2, 0.25) is 0 Å². The molecule has 0 aliphatic carbocycles. The summed E-state index contributed by atoms with van der Waals surface area (Å²) in [6.45, 7) is -0.523. The number of nitro benzene ring substituents is 1. The molecule has 0 saturated heterocycles. The normalized spacial score (nSPS) is 9.92. The molecule has 2 aromatic rings. The number of esters is 1. The van der Waals surface area contributed by atoms with Gasteiger partial charge in [0.15, 0.2) is 6.61 Å². The van der Waals surface area contributed by atoms with Crippen molar-refractivity contribution in [3.05, 3.63) is 58.1 Å². The van der Waals surface area contributed by atoms with E-state index in [1.807, 2.05) is 0 Å². The molecule has 0 radical (unpaired) electrons. The van der Waals surface area contributed by atoms with Crippen LogP contribution in [0, 0.1) is 10.1 Å². The van der Waals surface area contributed by atoms with Crippen LogP contribution in [0.5, 0.6) is 11.5 Å². The Morgan fingerprint density at radius 2 is 1.77 bits per heavy atom. The molecule has 2 rings (SSSR count). The molecule has 0 atom stereocenters.